The maximum Gasteiger partial charge on any atom is 0.255 e. The summed E-state index contributed by atoms with van der Waals surface area (Å²) in [6.45, 7) is 0. The highest BCUT2D eigenvalue weighted by Crippen LogP contribution is 2.48. The summed E-state index contributed by atoms with van der Waals surface area (Å²) in [5, 5.41) is 1.73. The number of fused-ring (bicyclic) bond motifs is 2. The highest BCUT2D eigenvalue weighted by Gasteiger charge is 2.28. The van der Waals surface area contributed by atoms with E-state index in [-0.39, 0.29) is 22.6 Å². The van der Waals surface area contributed by atoms with Gasteiger partial charge in [0, 0.05) is 11.1 Å². The van der Waals surface area contributed by atoms with Crippen molar-refractivity contribution in [3.05, 3.63) is 120 Å². The molecule has 0 N–H and O–H groups in total. The van der Waals surface area contributed by atoms with Crippen molar-refractivity contribution < 1.29 is 44.6 Å². The quantitative estimate of drug-likeness (QED) is 0.150. The molecule has 4 aromatic carbocycles. The fraction of sp³-hybridized carbons (Fsp3) is 0. The van der Waals surface area contributed by atoms with Crippen molar-refractivity contribution in [2.24, 2.45) is 0 Å². The van der Waals surface area contributed by atoms with E-state index < -0.39 is 58.6 Å². The van der Waals surface area contributed by atoms with Crippen LogP contribution in [0.3, 0.4) is 0 Å². The van der Waals surface area contributed by atoms with Gasteiger partial charge in [0.15, 0.2) is 0 Å². The molecule has 210 valence electrons. The molecule has 2 heterocycles. The highest BCUT2D eigenvalue weighted by atomic mass is 19.2. The Kier molecular flexibility index (Phi) is 6.60. The van der Waals surface area contributed by atoms with Crippen molar-refractivity contribution in [2.75, 3.05) is 0 Å². The van der Waals surface area contributed by atoms with E-state index >= 15 is 0 Å². The Bertz CT molecular complexity index is 1850. The van der Waals surface area contributed by atoms with Crippen molar-refractivity contribution in [3.63, 3.8) is 0 Å². The number of halogens is 8. The van der Waals surface area contributed by atoms with Crippen molar-refractivity contribution in [1.29, 1.82) is 0 Å². The molecular weight excluding hydrogens is 572 g/mol. The van der Waals surface area contributed by atoms with Gasteiger partial charge in [0.1, 0.15) is 11.5 Å². The molecule has 0 bridgehead atoms. The van der Waals surface area contributed by atoms with Gasteiger partial charge in [0.25, 0.3) is 23.8 Å². The number of pyridine rings is 2. The first kappa shape index (κ1) is 26.9. The fourth-order valence-corrected chi connectivity index (χ4v) is 4.52. The molecule has 0 fully saturated rings. The van der Waals surface area contributed by atoms with Gasteiger partial charge >= 0.3 is 0 Å². The van der Waals surface area contributed by atoms with Crippen LogP contribution in [0.2, 0.25) is 0 Å². The van der Waals surface area contributed by atoms with Crippen molar-refractivity contribution in [1.82, 2.24) is 9.97 Å². The number of nitrogens with zero attached hydrogens (tertiary/aromatic N) is 2. The van der Waals surface area contributed by atoms with E-state index in [9.17, 15) is 35.1 Å². The van der Waals surface area contributed by atoms with Gasteiger partial charge in [-0.3, -0.25) is 0 Å². The molecule has 0 spiro atoms. The summed E-state index contributed by atoms with van der Waals surface area (Å²) in [5.41, 5.74) is -0.0145. The number of rotatable bonds is 5. The Morgan fingerprint density at radius 2 is 0.738 bits per heavy atom. The molecule has 2 aromatic heterocycles. The lowest BCUT2D eigenvalue weighted by atomic mass is 9.92. The van der Waals surface area contributed by atoms with E-state index in [2.05, 4.69) is 9.97 Å². The lowest BCUT2D eigenvalue weighted by Crippen LogP contribution is -2.05. The van der Waals surface area contributed by atoms with Crippen LogP contribution in [-0.4, -0.2) is 9.97 Å². The van der Waals surface area contributed by atoms with Crippen LogP contribution in [0.5, 0.6) is 23.0 Å². The van der Waals surface area contributed by atoms with Gasteiger partial charge in [0.2, 0.25) is 34.8 Å². The molecule has 0 aliphatic rings. The van der Waals surface area contributed by atoms with Crippen molar-refractivity contribution >= 4 is 21.5 Å². The molecule has 6 rings (SSSR count). The zero-order valence-corrected chi connectivity index (χ0v) is 20.7. The average molecular weight is 584 g/mol. The zero-order chi connectivity index (χ0) is 29.7. The van der Waals surface area contributed by atoms with Crippen LogP contribution >= 0.6 is 0 Å². The van der Waals surface area contributed by atoms with Gasteiger partial charge in [-0.15, -0.1) is 0 Å². The van der Waals surface area contributed by atoms with Gasteiger partial charge in [-0.2, -0.15) is 45.1 Å². The van der Waals surface area contributed by atoms with Crippen LogP contribution < -0.4 is 9.47 Å². The summed E-state index contributed by atoms with van der Waals surface area (Å²) in [7, 11) is 0. The van der Waals surface area contributed by atoms with E-state index in [1.165, 1.54) is 24.3 Å². The van der Waals surface area contributed by atoms with Gasteiger partial charge in [-0.1, -0.05) is 60.7 Å². The van der Waals surface area contributed by atoms with Crippen molar-refractivity contribution in [2.45, 2.75) is 0 Å². The highest BCUT2D eigenvalue weighted by molar-refractivity contribution is 6.09. The maximum absolute atomic E-state index is 14.6. The first-order chi connectivity index (χ1) is 20.2. The minimum atomic E-state index is -1.96. The lowest BCUT2D eigenvalue weighted by Gasteiger charge is -2.20. The van der Waals surface area contributed by atoms with Gasteiger partial charge in [-0.25, -0.2) is 0 Å². The molecule has 0 unspecified atom stereocenters. The van der Waals surface area contributed by atoms with Crippen LogP contribution in [0.25, 0.3) is 32.7 Å². The minimum absolute atomic E-state index is 0.00727. The van der Waals surface area contributed by atoms with E-state index in [4.69, 9.17) is 9.47 Å². The normalized spacial score (nSPS) is 11.3. The summed E-state index contributed by atoms with van der Waals surface area (Å²) in [4.78, 5) is 5.03. The number of hydrogen-bond donors (Lipinski definition) is 0. The Morgan fingerprint density at radius 3 is 1.10 bits per heavy atom. The zero-order valence-electron chi connectivity index (χ0n) is 20.7. The third-order valence-electron chi connectivity index (χ3n) is 6.37. The van der Waals surface area contributed by atoms with Gasteiger partial charge < -0.3 is 9.47 Å². The lowest BCUT2D eigenvalue weighted by molar-refractivity contribution is 0.342. The average Bonchev–Trinajstić information content (AvgIpc) is 2.99. The number of aromatic nitrogens is 2. The van der Waals surface area contributed by atoms with Crippen LogP contribution in [-0.2, 0) is 0 Å². The van der Waals surface area contributed by atoms with E-state index in [0.29, 0.717) is 21.5 Å². The van der Waals surface area contributed by atoms with E-state index in [1.807, 2.05) is 0 Å². The van der Waals surface area contributed by atoms with Crippen molar-refractivity contribution in [3.8, 4) is 34.1 Å². The maximum atomic E-state index is 14.6. The second-order valence-electron chi connectivity index (χ2n) is 8.82. The SMILES string of the molecule is Fc1nc(F)c(F)c(Oc2ccc3ccccc3c2-c2c(Oc3c(F)c(F)nc(F)c3F)ccc3ccccc23)c1F. The Morgan fingerprint density at radius 1 is 0.405 bits per heavy atom. The number of ether oxygens (including phenoxy) is 2. The minimum Gasteiger partial charge on any atom is -0.450 e. The Labute approximate surface area is 230 Å². The second kappa shape index (κ2) is 10.3. The molecule has 0 saturated carbocycles. The molecule has 4 nitrogen and oxygen atoms in total. The molecule has 0 aliphatic heterocycles. The molecule has 0 amide bonds. The summed E-state index contributed by atoms with van der Waals surface area (Å²) in [6, 6.07) is 18.4. The standard InChI is InChI=1S/C30H12F8N2O2/c31-21-25(22(32)28(36)39-27(21)35)41-17-11-9-13-5-1-3-7-15(13)19(17)20-16-8-4-2-6-14(16)10-12-18(20)42-26-23(33)29(37)40-30(38)24(26)34/h1-12H. The Hall–Kier alpha value is -5.26. The summed E-state index contributed by atoms with van der Waals surface area (Å²) in [6.07, 6.45) is 0. The first-order valence-corrected chi connectivity index (χ1v) is 11.9. The topological polar surface area (TPSA) is 44.2 Å². The third-order valence-corrected chi connectivity index (χ3v) is 6.37. The summed E-state index contributed by atoms with van der Waals surface area (Å²) < 4.78 is 125. The Balaban J connectivity index is 1.69. The second-order valence-corrected chi connectivity index (χ2v) is 8.82. The molecular formula is C30H12F8N2O2. The predicted molar refractivity (Wildman–Crippen MR) is 135 cm³/mol. The summed E-state index contributed by atoms with van der Waals surface area (Å²) in [5.74, 6) is -19.2. The van der Waals surface area contributed by atoms with E-state index in [0.717, 1.165) is 0 Å². The molecule has 0 saturated heterocycles. The van der Waals surface area contributed by atoms with Gasteiger partial charge in [-0.05, 0) is 33.7 Å². The molecule has 12 heteroatoms. The first-order valence-electron chi connectivity index (χ1n) is 11.9. The number of benzene rings is 4. The fourth-order valence-electron chi connectivity index (χ4n) is 4.52. The number of hydrogen-bond acceptors (Lipinski definition) is 4. The van der Waals surface area contributed by atoms with Gasteiger partial charge in [0.05, 0.1) is 0 Å². The van der Waals surface area contributed by atoms with Crippen LogP contribution in [0.4, 0.5) is 35.1 Å². The van der Waals surface area contributed by atoms with Crippen LogP contribution in [0.1, 0.15) is 0 Å². The molecule has 42 heavy (non-hydrogen) atoms. The predicted octanol–water partition coefficient (Wildman–Crippen LogP) is 9.15. The third kappa shape index (κ3) is 4.41. The molecule has 0 atom stereocenters. The smallest absolute Gasteiger partial charge is 0.255 e. The molecule has 0 radical (unpaired) electrons. The van der Waals surface area contributed by atoms with Crippen LogP contribution in [0.15, 0.2) is 72.8 Å². The monoisotopic (exact) mass is 584 g/mol. The summed E-state index contributed by atoms with van der Waals surface area (Å²) >= 11 is 0. The molecule has 0 aliphatic carbocycles. The van der Waals surface area contributed by atoms with Crippen LogP contribution in [0, 0.1) is 47.1 Å². The van der Waals surface area contributed by atoms with E-state index in [1.54, 1.807) is 48.5 Å². The molecule has 6 aromatic rings. The largest absolute Gasteiger partial charge is 0.450 e.